The van der Waals surface area contributed by atoms with Gasteiger partial charge in [0, 0.05) is 18.3 Å². The molecule has 0 unspecified atom stereocenters. The van der Waals surface area contributed by atoms with E-state index >= 15 is 0 Å². The molecule has 0 N–H and O–H groups in total. The van der Waals surface area contributed by atoms with Crippen LogP contribution < -0.4 is 0 Å². The van der Waals surface area contributed by atoms with Crippen LogP contribution in [0.4, 0.5) is 0 Å². The number of aryl methyl sites for hydroxylation is 1. The SMILES string of the molecule is Cc1ccc2c(ccn2Cc2cccc(C(=O)OC(C)C)c2)c1. The van der Waals surface area contributed by atoms with Crippen molar-refractivity contribution in [2.75, 3.05) is 0 Å². The third-order valence-corrected chi connectivity index (χ3v) is 3.78. The molecule has 0 aliphatic heterocycles. The molecule has 3 nitrogen and oxygen atoms in total. The molecule has 1 aromatic heterocycles. The molecule has 0 atom stereocenters. The summed E-state index contributed by atoms with van der Waals surface area (Å²) in [6.45, 7) is 6.54. The maximum atomic E-state index is 12.0. The Balaban J connectivity index is 1.86. The minimum absolute atomic E-state index is 0.109. The number of hydrogen-bond donors (Lipinski definition) is 0. The van der Waals surface area contributed by atoms with Crippen molar-refractivity contribution >= 4 is 16.9 Å². The molecule has 1 heterocycles. The number of nitrogens with zero attached hydrogens (tertiary/aromatic N) is 1. The van der Waals surface area contributed by atoms with Crippen LogP contribution >= 0.6 is 0 Å². The summed E-state index contributed by atoms with van der Waals surface area (Å²) in [7, 11) is 0. The molecule has 0 aliphatic rings. The van der Waals surface area contributed by atoms with Gasteiger partial charge in [-0.1, -0.05) is 23.8 Å². The zero-order chi connectivity index (χ0) is 16.4. The Morgan fingerprint density at radius 2 is 1.96 bits per heavy atom. The molecule has 3 rings (SSSR count). The number of aromatic nitrogens is 1. The van der Waals surface area contributed by atoms with Gasteiger partial charge in [-0.05, 0) is 62.1 Å². The van der Waals surface area contributed by atoms with E-state index in [4.69, 9.17) is 4.74 Å². The fourth-order valence-corrected chi connectivity index (χ4v) is 2.73. The van der Waals surface area contributed by atoms with Crippen LogP contribution in [0.25, 0.3) is 10.9 Å². The summed E-state index contributed by atoms with van der Waals surface area (Å²) in [5.41, 5.74) is 4.14. The van der Waals surface area contributed by atoms with Gasteiger partial charge >= 0.3 is 5.97 Å². The average molecular weight is 307 g/mol. The number of esters is 1. The van der Waals surface area contributed by atoms with Crippen molar-refractivity contribution in [3.63, 3.8) is 0 Å². The zero-order valence-electron chi connectivity index (χ0n) is 13.7. The van der Waals surface area contributed by atoms with E-state index in [1.165, 1.54) is 16.5 Å². The maximum absolute atomic E-state index is 12.0. The first-order valence-electron chi connectivity index (χ1n) is 7.88. The van der Waals surface area contributed by atoms with Gasteiger partial charge in [0.2, 0.25) is 0 Å². The van der Waals surface area contributed by atoms with E-state index in [1.54, 1.807) is 6.07 Å². The Labute approximate surface area is 136 Å². The van der Waals surface area contributed by atoms with Gasteiger partial charge < -0.3 is 9.30 Å². The summed E-state index contributed by atoms with van der Waals surface area (Å²) in [4.78, 5) is 12.0. The number of carbonyl (C=O) groups excluding carboxylic acids is 1. The smallest absolute Gasteiger partial charge is 0.338 e. The van der Waals surface area contributed by atoms with Crippen LogP contribution in [0.15, 0.2) is 54.7 Å². The van der Waals surface area contributed by atoms with E-state index in [1.807, 2.05) is 32.0 Å². The van der Waals surface area contributed by atoms with Gasteiger partial charge in [0.05, 0.1) is 11.7 Å². The molecule has 118 valence electrons. The molecular formula is C20H21NO2. The first-order chi connectivity index (χ1) is 11.0. The summed E-state index contributed by atoms with van der Waals surface area (Å²) in [6.07, 6.45) is 1.98. The van der Waals surface area contributed by atoms with Crippen LogP contribution in [0.2, 0.25) is 0 Å². The number of carbonyl (C=O) groups is 1. The number of fused-ring (bicyclic) bond motifs is 1. The second-order valence-electron chi connectivity index (χ2n) is 6.16. The van der Waals surface area contributed by atoms with Gasteiger partial charge in [-0.25, -0.2) is 4.79 Å². The van der Waals surface area contributed by atoms with Crippen molar-refractivity contribution in [2.45, 2.75) is 33.4 Å². The van der Waals surface area contributed by atoms with Crippen molar-refractivity contribution in [1.82, 2.24) is 4.57 Å². The molecule has 2 aromatic carbocycles. The van der Waals surface area contributed by atoms with Gasteiger partial charge in [0.15, 0.2) is 0 Å². The van der Waals surface area contributed by atoms with Gasteiger partial charge in [-0.2, -0.15) is 0 Å². The van der Waals surface area contributed by atoms with Crippen molar-refractivity contribution < 1.29 is 9.53 Å². The molecule has 0 bridgehead atoms. The van der Waals surface area contributed by atoms with Crippen molar-refractivity contribution in [3.8, 4) is 0 Å². The Hall–Kier alpha value is -2.55. The highest BCUT2D eigenvalue weighted by atomic mass is 16.5. The summed E-state index contributed by atoms with van der Waals surface area (Å²) in [6, 6.07) is 16.2. The Morgan fingerprint density at radius 3 is 2.74 bits per heavy atom. The lowest BCUT2D eigenvalue weighted by molar-refractivity contribution is 0.0378. The Kier molecular flexibility index (Phi) is 4.20. The van der Waals surface area contributed by atoms with E-state index < -0.39 is 0 Å². The fourth-order valence-electron chi connectivity index (χ4n) is 2.73. The highest BCUT2D eigenvalue weighted by Crippen LogP contribution is 2.19. The highest BCUT2D eigenvalue weighted by molar-refractivity contribution is 5.89. The summed E-state index contributed by atoms with van der Waals surface area (Å²) >= 11 is 0. The van der Waals surface area contributed by atoms with Crippen LogP contribution in [0.1, 0.15) is 35.3 Å². The molecule has 0 aliphatic carbocycles. The quantitative estimate of drug-likeness (QED) is 0.661. The predicted molar refractivity (Wildman–Crippen MR) is 92.8 cm³/mol. The van der Waals surface area contributed by atoms with Crippen molar-refractivity contribution in [3.05, 3.63) is 71.4 Å². The molecule has 0 radical (unpaired) electrons. The standard InChI is InChI=1S/C20H21NO2/c1-14(2)23-20(22)18-6-4-5-16(12-18)13-21-10-9-17-11-15(3)7-8-19(17)21/h4-12,14H,13H2,1-3H3. The van der Waals surface area contributed by atoms with Gasteiger partial charge in [0.25, 0.3) is 0 Å². The summed E-state index contributed by atoms with van der Waals surface area (Å²) in [5, 5.41) is 1.24. The molecule has 0 fully saturated rings. The molecule has 0 amide bonds. The lowest BCUT2D eigenvalue weighted by Crippen LogP contribution is -2.12. The number of rotatable bonds is 4. The van der Waals surface area contributed by atoms with E-state index in [0.717, 1.165) is 12.1 Å². The largest absolute Gasteiger partial charge is 0.459 e. The first-order valence-corrected chi connectivity index (χ1v) is 7.88. The topological polar surface area (TPSA) is 31.2 Å². The van der Waals surface area contributed by atoms with Crippen LogP contribution in [-0.4, -0.2) is 16.6 Å². The molecule has 23 heavy (non-hydrogen) atoms. The van der Waals surface area contributed by atoms with E-state index in [9.17, 15) is 4.79 Å². The fraction of sp³-hybridized carbons (Fsp3) is 0.250. The van der Waals surface area contributed by atoms with E-state index in [2.05, 4.69) is 42.0 Å². The zero-order valence-corrected chi connectivity index (χ0v) is 13.7. The molecule has 0 spiro atoms. The second kappa shape index (κ2) is 6.29. The third-order valence-electron chi connectivity index (χ3n) is 3.78. The van der Waals surface area contributed by atoms with E-state index in [-0.39, 0.29) is 12.1 Å². The Morgan fingerprint density at radius 1 is 1.13 bits per heavy atom. The van der Waals surface area contributed by atoms with Crippen LogP contribution in [0, 0.1) is 6.92 Å². The van der Waals surface area contributed by atoms with Gasteiger partial charge in [-0.15, -0.1) is 0 Å². The molecular weight excluding hydrogens is 286 g/mol. The van der Waals surface area contributed by atoms with Crippen LogP contribution in [-0.2, 0) is 11.3 Å². The lowest BCUT2D eigenvalue weighted by atomic mass is 10.1. The lowest BCUT2D eigenvalue weighted by Gasteiger charge is -2.10. The first kappa shape index (κ1) is 15.3. The highest BCUT2D eigenvalue weighted by Gasteiger charge is 2.10. The predicted octanol–water partition coefficient (Wildman–Crippen LogP) is 4.56. The van der Waals surface area contributed by atoms with Crippen LogP contribution in [0.5, 0.6) is 0 Å². The number of ether oxygens (including phenoxy) is 1. The summed E-state index contributed by atoms with van der Waals surface area (Å²) in [5.74, 6) is -0.269. The normalized spacial score (nSPS) is 11.1. The molecule has 0 saturated carbocycles. The molecule has 0 saturated heterocycles. The minimum atomic E-state index is -0.269. The molecule has 3 aromatic rings. The monoisotopic (exact) mass is 307 g/mol. The summed E-state index contributed by atoms with van der Waals surface area (Å²) < 4.78 is 7.46. The van der Waals surface area contributed by atoms with Crippen molar-refractivity contribution in [1.29, 1.82) is 0 Å². The third kappa shape index (κ3) is 3.45. The maximum Gasteiger partial charge on any atom is 0.338 e. The van der Waals surface area contributed by atoms with E-state index in [0.29, 0.717) is 5.56 Å². The number of benzene rings is 2. The van der Waals surface area contributed by atoms with Crippen molar-refractivity contribution in [2.24, 2.45) is 0 Å². The van der Waals surface area contributed by atoms with Gasteiger partial charge in [0.1, 0.15) is 0 Å². The second-order valence-corrected chi connectivity index (χ2v) is 6.16. The van der Waals surface area contributed by atoms with Gasteiger partial charge in [-0.3, -0.25) is 0 Å². The van der Waals surface area contributed by atoms with Crippen LogP contribution in [0.3, 0.4) is 0 Å². The number of hydrogen-bond acceptors (Lipinski definition) is 2. The average Bonchev–Trinajstić information content (AvgIpc) is 2.89. The Bertz CT molecular complexity index is 846. The minimum Gasteiger partial charge on any atom is -0.459 e. The molecule has 3 heteroatoms.